The van der Waals surface area contributed by atoms with E-state index in [-0.39, 0.29) is 0 Å². The van der Waals surface area contributed by atoms with Crippen LogP contribution in [0.15, 0.2) is 0 Å². The number of nitrogens with one attached hydrogen (secondary N) is 1. The van der Waals surface area contributed by atoms with Crippen LogP contribution < -0.4 is 5.32 Å². The standard InChI is InChI=1S/C9H16F3NO3/c1-6(14)8(2,3)13-7(15)4-16-5-9(10,11)12/h6,14H,4-5H2,1-3H3,(H,13,15). The van der Waals surface area contributed by atoms with Gasteiger partial charge in [0, 0.05) is 0 Å². The lowest BCUT2D eigenvalue weighted by molar-refractivity contribution is -0.176. The second kappa shape index (κ2) is 5.49. The summed E-state index contributed by atoms with van der Waals surface area (Å²) in [6.07, 6.45) is -5.26. The van der Waals surface area contributed by atoms with E-state index in [0.717, 1.165) is 0 Å². The molecule has 1 unspecified atom stereocenters. The molecule has 0 saturated carbocycles. The number of alkyl halides is 3. The van der Waals surface area contributed by atoms with Gasteiger partial charge in [0.05, 0.1) is 11.6 Å². The van der Waals surface area contributed by atoms with Crippen molar-refractivity contribution in [2.24, 2.45) is 0 Å². The molecule has 1 atom stereocenters. The molecular formula is C9H16F3NO3. The molecule has 96 valence electrons. The summed E-state index contributed by atoms with van der Waals surface area (Å²) in [6.45, 7) is 2.43. The predicted molar refractivity (Wildman–Crippen MR) is 50.8 cm³/mol. The molecule has 2 N–H and O–H groups in total. The molecule has 7 heteroatoms. The van der Waals surface area contributed by atoms with Crippen molar-refractivity contribution in [2.75, 3.05) is 13.2 Å². The summed E-state index contributed by atoms with van der Waals surface area (Å²) in [5, 5.41) is 11.6. The maximum atomic E-state index is 11.7. The summed E-state index contributed by atoms with van der Waals surface area (Å²) in [7, 11) is 0. The lowest BCUT2D eigenvalue weighted by Gasteiger charge is -2.29. The number of amides is 1. The Morgan fingerprint density at radius 3 is 2.31 bits per heavy atom. The zero-order valence-corrected chi connectivity index (χ0v) is 9.39. The molecule has 0 aromatic rings. The van der Waals surface area contributed by atoms with Crippen LogP contribution in [0, 0.1) is 0 Å². The minimum atomic E-state index is -4.44. The highest BCUT2D eigenvalue weighted by Gasteiger charge is 2.29. The Hall–Kier alpha value is -0.820. The van der Waals surface area contributed by atoms with Crippen LogP contribution in [-0.2, 0) is 9.53 Å². The number of carbonyl (C=O) groups is 1. The van der Waals surface area contributed by atoms with E-state index in [1.165, 1.54) is 6.92 Å². The molecule has 0 aliphatic rings. The SMILES string of the molecule is CC(O)C(C)(C)NC(=O)COCC(F)(F)F. The van der Waals surface area contributed by atoms with E-state index in [0.29, 0.717) is 0 Å². The average Bonchev–Trinajstić information content (AvgIpc) is 1.99. The molecule has 0 rings (SSSR count). The largest absolute Gasteiger partial charge is 0.411 e. The number of hydrogen-bond acceptors (Lipinski definition) is 3. The summed E-state index contributed by atoms with van der Waals surface area (Å²) >= 11 is 0. The number of hydrogen-bond donors (Lipinski definition) is 2. The molecule has 0 bridgehead atoms. The number of rotatable bonds is 5. The van der Waals surface area contributed by atoms with Crippen LogP contribution in [0.1, 0.15) is 20.8 Å². The number of aliphatic hydroxyl groups is 1. The van der Waals surface area contributed by atoms with Crippen LogP contribution in [0.2, 0.25) is 0 Å². The minimum Gasteiger partial charge on any atom is -0.391 e. The van der Waals surface area contributed by atoms with Gasteiger partial charge in [-0.25, -0.2) is 0 Å². The Balaban J connectivity index is 3.93. The van der Waals surface area contributed by atoms with Crippen molar-refractivity contribution in [3.63, 3.8) is 0 Å². The van der Waals surface area contributed by atoms with Crippen molar-refractivity contribution in [3.05, 3.63) is 0 Å². The van der Waals surface area contributed by atoms with Gasteiger partial charge < -0.3 is 15.2 Å². The maximum absolute atomic E-state index is 11.7. The lowest BCUT2D eigenvalue weighted by Crippen LogP contribution is -2.52. The molecule has 0 aromatic heterocycles. The summed E-state index contributed by atoms with van der Waals surface area (Å²) in [5.74, 6) is -0.699. The third-order valence-electron chi connectivity index (χ3n) is 2.00. The number of ether oxygens (including phenoxy) is 1. The maximum Gasteiger partial charge on any atom is 0.411 e. The third-order valence-corrected chi connectivity index (χ3v) is 2.00. The zero-order chi connectivity index (χ0) is 13.0. The molecule has 0 saturated heterocycles. The van der Waals surface area contributed by atoms with Gasteiger partial charge in [0.1, 0.15) is 13.2 Å². The molecule has 0 radical (unpaired) electrons. The van der Waals surface area contributed by atoms with Gasteiger partial charge in [0.2, 0.25) is 5.91 Å². The summed E-state index contributed by atoms with van der Waals surface area (Å²) < 4.78 is 39.2. The van der Waals surface area contributed by atoms with Gasteiger partial charge in [-0.1, -0.05) is 0 Å². The topological polar surface area (TPSA) is 58.6 Å². The number of carbonyl (C=O) groups excluding carboxylic acids is 1. The van der Waals surface area contributed by atoms with E-state index in [9.17, 15) is 23.1 Å². The van der Waals surface area contributed by atoms with Crippen LogP contribution in [0.25, 0.3) is 0 Å². The first-order chi connectivity index (χ1) is 7.04. The summed E-state index contributed by atoms with van der Waals surface area (Å²) in [6, 6.07) is 0. The summed E-state index contributed by atoms with van der Waals surface area (Å²) in [5.41, 5.74) is -0.904. The van der Waals surface area contributed by atoms with E-state index < -0.39 is 36.9 Å². The lowest BCUT2D eigenvalue weighted by atomic mass is 9.99. The molecule has 0 spiro atoms. The molecule has 4 nitrogen and oxygen atoms in total. The Morgan fingerprint density at radius 1 is 1.44 bits per heavy atom. The van der Waals surface area contributed by atoms with Gasteiger partial charge in [0.15, 0.2) is 0 Å². The third kappa shape index (κ3) is 6.62. The van der Waals surface area contributed by atoms with Crippen LogP contribution in [-0.4, -0.2) is 42.0 Å². The van der Waals surface area contributed by atoms with Crippen LogP contribution in [0.5, 0.6) is 0 Å². The fourth-order valence-corrected chi connectivity index (χ4v) is 0.759. The van der Waals surface area contributed by atoms with Gasteiger partial charge in [-0.15, -0.1) is 0 Å². The van der Waals surface area contributed by atoms with E-state index in [1.54, 1.807) is 13.8 Å². The highest BCUT2D eigenvalue weighted by Crippen LogP contribution is 2.14. The average molecular weight is 243 g/mol. The van der Waals surface area contributed by atoms with Crippen LogP contribution >= 0.6 is 0 Å². The van der Waals surface area contributed by atoms with Crippen LogP contribution in [0.4, 0.5) is 13.2 Å². The normalized spacial score (nSPS) is 14.7. The van der Waals surface area contributed by atoms with Crippen molar-refractivity contribution in [3.8, 4) is 0 Å². The molecule has 16 heavy (non-hydrogen) atoms. The Morgan fingerprint density at radius 2 is 1.94 bits per heavy atom. The monoisotopic (exact) mass is 243 g/mol. The van der Waals surface area contributed by atoms with Gasteiger partial charge in [-0.3, -0.25) is 4.79 Å². The second-order valence-corrected chi connectivity index (χ2v) is 4.05. The smallest absolute Gasteiger partial charge is 0.391 e. The highest BCUT2D eigenvalue weighted by atomic mass is 19.4. The van der Waals surface area contributed by atoms with E-state index in [2.05, 4.69) is 10.1 Å². The number of halogens is 3. The van der Waals surface area contributed by atoms with Crippen molar-refractivity contribution in [2.45, 2.75) is 38.6 Å². The molecule has 0 heterocycles. The van der Waals surface area contributed by atoms with E-state index in [1.807, 2.05) is 0 Å². The molecule has 0 fully saturated rings. The van der Waals surface area contributed by atoms with E-state index in [4.69, 9.17) is 0 Å². The Labute approximate surface area is 91.8 Å². The van der Waals surface area contributed by atoms with E-state index >= 15 is 0 Å². The molecule has 0 aromatic carbocycles. The zero-order valence-electron chi connectivity index (χ0n) is 9.39. The van der Waals surface area contributed by atoms with Crippen molar-refractivity contribution < 1.29 is 27.8 Å². The van der Waals surface area contributed by atoms with Gasteiger partial charge in [-0.2, -0.15) is 13.2 Å². The predicted octanol–water partition coefficient (Wildman–Crippen LogP) is 0.841. The first-order valence-electron chi connectivity index (χ1n) is 4.68. The van der Waals surface area contributed by atoms with Crippen molar-refractivity contribution in [1.29, 1.82) is 0 Å². The molecular weight excluding hydrogens is 227 g/mol. The Kier molecular flexibility index (Phi) is 5.21. The quantitative estimate of drug-likeness (QED) is 0.752. The molecule has 1 amide bonds. The van der Waals surface area contributed by atoms with Gasteiger partial charge in [0.25, 0.3) is 0 Å². The second-order valence-electron chi connectivity index (χ2n) is 4.05. The van der Waals surface area contributed by atoms with Crippen LogP contribution in [0.3, 0.4) is 0 Å². The first-order valence-corrected chi connectivity index (χ1v) is 4.68. The van der Waals surface area contributed by atoms with Gasteiger partial charge >= 0.3 is 6.18 Å². The highest BCUT2D eigenvalue weighted by molar-refractivity contribution is 5.78. The van der Waals surface area contributed by atoms with Crippen molar-refractivity contribution in [1.82, 2.24) is 5.32 Å². The molecule has 0 aliphatic carbocycles. The Bertz CT molecular complexity index is 239. The fraction of sp³-hybridized carbons (Fsp3) is 0.889. The first kappa shape index (κ1) is 15.2. The fourth-order valence-electron chi connectivity index (χ4n) is 0.759. The molecule has 0 aliphatic heterocycles. The van der Waals surface area contributed by atoms with Gasteiger partial charge in [-0.05, 0) is 20.8 Å². The minimum absolute atomic E-state index is 0.685. The number of aliphatic hydroxyl groups excluding tert-OH is 1. The summed E-state index contributed by atoms with van der Waals surface area (Å²) in [4.78, 5) is 11.1. The van der Waals surface area contributed by atoms with Crippen molar-refractivity contribution >= 4 is 5.91 Å².